The van der Waals surface area contributed by atoms with Crippen LogP contribution in [0.1, 0.15) is 52.0 Å². The van der Waals surface area contributed by atoms with Gasteiger partial charge in [0, 0.05) is 41.7 Å². The highest BCUT2D eigenvalue weighted by atomic mass is 35.5. The molecule has 0 heterocycles. The van der Waals surface area contributed by atoms with Gasteiger partial charge in [-0.25, -0.2) is 0 Å². The van der Waals surface area contributed by atoms with Crippen LogP contribution in [0.3, 0.4) is 0 Å². The minimum absolute atomic E-state index is 0.0112. The van der Waals surface area contributed by atoms with E-state index in [2.05, 4.69) is 5.32 Å². The normalized spacial score (nSPS) is 14.8. The van der Waals surface area contributed by atoms with E-state index < -0.39 is 10.1 Å². The molecular weight excluding hydrogens is 464 g/mol. The average Bonchev–Trinajstić information content (AvgIpc) is 2.71. The number of halogens is 1. The first-order chi connectivity index (χ1) is 15.6. The van der Waals surface area contributed by atoms with E-state index in [-0.39, 0.29) is 41.0 Å². The molecule has 1 aliphatic rings. The lowest BCUT2D eigenvalue weighted by molar-refractivity contribution is -0.141. The lowest BCUT2D eigenvalue weighted by atomic mass is 9.84. The van der Waals surface area contributed by atoms with Gasteiger partial charge in [0.2, 0.25) is 11.8 Å². The van der Waals surface area contributed by atoms with Crippen LogP contribution in [0.25, 0.3) is 0 Å². The Morgan fingerprint density at radius 3 is 2.39 bits per heavy atom. The molecule has 2 aromatic carbocycles. The van der Waals surface area contributed by atoms with Gasteiger partial charge in [-0.3, -0.25) is 9.59 Å². The van der Waals surface area contributed by atoms with E-state index in [1.54, 1.807) is 17.0 Å². The van der Waals surface area contributed by atoms with Crippen molar-refractivity contribution in [2.24, 2.45) is 5.92 Å². The lowest BCUT2D eigenvalue weighted by Crippen LogP contribution is -2.43. The number of nitrogens with zero attached hydrogens (tertiary/aromatic N) is 1. The van der Waals surface area contributed by atoms with Crippen LogP contribution in [0.15, 0.2) is 47.4 Å². The number of benzene rings is 2. The van der Waals surface area contributed by atoms with Gasteiger partial charge < -0.3 is 14.4 Å². The van der Waals surface area contributed by atoms with Gasteiger partial charge in [-0.1, -0.05) is 24.9 Å². The maximum absolute atomic E-state index is 13.0. The van der Waals surface area contributed by atoms with E-state index in [0.717, 1.165) is 25.7 Å². The van der Waals surface area contributed by atoms with E-state index in [1.807, 2.05) is 13.8 Å². The Hall–Kier alpha value is -2.58. The molecule has 2 aromatic rings. The Kier molecular flexibility index (Phi) is 8.02. The predicted octanol–water partition coefficient (Wildman–Crippen LogP) is 4.99. The van der Waals surface area contributed by atoms with E-state index in [9.17, 15) is 18.0 Å². The third-order valence-electron chi connectivity index (χ3n) is 5.89. The minimum atomic E-state index is -4.14. The van der Waals surface area contributed by atoms with Gasteiger partial charge in [-0.05, 0) is 68.7 Å². The molecule has 1 aliphatic carbocycles. The first-order valence-electron chi connectivity index (χ1n) is 11.0. The first kappa shape index (κ1) is 25.1. The van der Waals surface area contributed by atoms with E-state index in [0.29, 0.717) is 16.3 Å². The zero-order valence-electron chi connectivity index (χ0n) is 19.0. The van der Waals surface area contributed by atoms with Gasteiger partial charge >= 0.3 is 10.1 Å². The highest BCUT2D eigenvalue weighted by molar-refractivity contribution is 7.87. The van der Waals surface area contributed by atoms with Crippen LogP contribution in [0.4, 0.5) is 5.69 Å². The van der Waals surface area contributed by atoms with Crippen LogP contribution in [0.2, 0.25) is 5.02 Å². The molecular formula is C24H29ClN2O5S. The van der Waals surface area contributed by atoms with Crippen molar-refractivity contribution in [1.29, 1.82) is 0 Å². The Morgan fingerprint density at radius 2 is 1.85 bits per heavy atom. The number of hydrogen-bond acceptors (Lipinski definition) is 5. The average molecular weight is 493 g/mol. The maximum Gasteiger partial charge on any atom is 0.339 e. The predicted molar refractivity (Wildman–Crippen MR) is 128 cm³/mol. The molecule has 0 bridgehead atoms. The number of carbonyl (C=O) groups is 2. The third-order valence-corrected chi connectivity index (χ3v) is 7.37. The smallest absolute Gasteiger partial charge is 0.339 e. The zero-order chi connectivity index (χ0) is 24.2. The molecule has 0 aliphatic heterocycles. The molecule has 2 amide bonds. The number of hydrogen-bond donors (Lipinski definition) is 1. The number of anilines is 1. The molecule has 1 N–H and O–H groups in total. The maximum atomic E-state index is 13.0. The van der Waals surface area contributed by atoms with Crippen LogP contribution in [0, 0.1) is 5.92 Å². The second-order valence-electron chi connectivity index (χ2n) is 8.35. The van der Waals surface area contributed by atoms with Crippen LogP contribution >= 0.6 is 11.6 Å². The van der Waals surface area contributed by atoms with Crippen molar-refractivity contribution in [1.82, 2.24) is 4.90 Å². The fraction of sp³-hybridized carbons (Fsp3) is 0.417. The highest BCUT2D eigenvalue weighted by Gasteiger charge is 2.32. The molecule has 7 nitrogen and oxygen atoms in total. The fourth-order valence-electron chi connectivity index (χ4n) is 3.57. The SMILES string of the molecule is CC[C@H](C)N(Cc1cc(Cl)ccc1OS(=O)(=O)c1ccc(NC(C)=O)cc1)C(=O)C1CCC1. The first-order valence-corrected chi connectivity index (χ1v) is 12.8. The van der Waals surface area contributed by atoms with E-state index in [1.165, 1.54) is 37.3 Å². The minimum Gasteiger partial charge on any atom is -0.379 e. The van der Waals surface area contributed by atoms with Crippen molar-refractivity contribution in [3.63, 3.8) is 0 Å². The van der Waals surface area contributed by atoms with Gasteiger partial charge in [0.25, 0.3) is 0 Å². The van der Waals surface area contributed by atoms with Crippen LogP contribution in [0.5, 0.6) is 5.75 Å². The molecule has 1 saturated carbocycles. The standard InChI is InChI=1S/C24H29ClN2O5S/c1-4-16(2)27(24(29)18-6-5-7-18)15-19-14-20(25)8-13-23(19)32-33(30,31)22-11-9-21(10-12-22)26-17(3)28/h8-14,16,18H,4-7,15H2,1-3H3,(H,26,28)/t16-/m0/s1. The number of nitrogens with one attached hydrogen (secondary N) is 1. The number of rotatable bonds is 9. The Morgan fingerprint density at radius 1 is 1.18 bits per heavy atom. The quantitative estimate of drug-likeness (QED) is 0.497. The fourth-order valence-corrected chi connectivity index (χ4v) is 4.73. The Bertz CT molecular complexity index is 1110. The second kappa shape index (κ2) is 10.6. The number of amides is 2. The summed E-state index contributed by atoms with van der Waals surface area (Å²) in [7, 11) is -4.14. The molecule has 0 spiro atoms. The summed E-state index contributed by atoms with van der Waals surface area (Å²) < 4.78 is 31.3. The molecule has 0 radical (unpaired) electrons. The van der Waals surface area contributed by atoms with E-state index >= 15 is 0 Å². The van der Waals surface area contributed by atoms with Crippen molar-refractivity contribution in [3.05, 3.63) is 53.1 Å². The summed E-state index contributed by atoms with van der Waals surface area (Å²) in [5, 5.41) is 3.01. The van der Waals surface area contributed by atoms with Crippen molar-refractivity contribution < 1.29 is 22.2 Å². The van der Waals surface area contributed by atoms with Crippen molar-refractivity contribution >= 4 is 39.2 Å². The largest absolute Gasteiger partial charge is 0.379 e. The summed E-state index contributed by atoms with van der Waals surface area (Å²) in [6.45, 7) is 5.57. The molecule has 9 heteroatoms. The van der Waals surface area contributed by atoms with Gasteiger partial charge in [0.05, 0.1) is 0 Å². The van der Waals surface area contributed by atoms with Gasteiger partial charge in [-0.15, -0.1) is 0 Å². The van der Waals surface area contributed by atoms with Gasteiger partial charge in [0.1, 0.15) is 10.6 Å². The molecule has 3 rings (SSSR count). The lowest BCUT2D eigenvalue weighted by Gasteiger charge is -2.35. The molecule has 178 valence electrons. The van der Waals surface area contributed by atoms with Crippen molar-refractivity contribution in [2.75, 3.05) is 5.32 Å². The summed E-state index contributed by atoms with van der Waals surface area (Å²) in [5.74, 6) is -0.0265. The summed E-state index contributed by atoms with van der Waals surface area (Å²) >= 11 is 6.20. The van der Waals surface area contributed by atoms with Crippen molar-refractivity contribution in [2.45, 2.75) is 63.9 Å². The monoisotopic (exact) mass is 492 g/mol. The Balaban J connectivity index is 1.86. The van der Waals surface area contributed by atoms with Crippen LogP contribution in [-0.2, 0) is 26.3 Å². The molecule has 0 saturated heterocycles. The molecule has 1 atom stereocenters. The molecule has 0 unspecified atom stereocenters. The van der Waals surface area contributed by atoms with Gasteiger partial charge in [0.15, 0.2) is 0 Å². The van der Waals surface area contributed by atoms with Crippen LogP contribution in [-0.4, -0.2) is 31.2 Å². The van der Waals surface area contributed by atoms with Crippen LogP contribution < -0.4 is 9.50 Å². The van der Waals surface area contributed by atoms with E-state index in [4.69, 9.17) is 15.8 Å². The summed E-state index contributed by atoms with van der Waals surface area (Å²) in [4.78, 5) is 26.0. The topological polar surface area (TPSA) is 92.8 Å². The molecule has 0 aromatic heterocycles. The molecule has 1 fully saturated rings. The summed E-state index contributed by atoms with van der Waals surface area (Å²) in [6.07, 6.45) is 3.59. The summed E-state index contributed by atoms with van der Waals surface area (Å²) in [6, 6.07) is 10.4. The molecule has 33 heavy (non-hydrogen) atoms. The number of carbonyl (C=O) groups excluding carboxylic acids is 2. The zero-order valence-corrected chi connectivity index (χ0v) is 20.6. The van der Waals surface area contributed by atoms with Crippen molar-refractivity contribution in [3.8, 4) is 5.75 Å². The summed E-state index contributed by atoms with van der Waals surface area (Å²) in [5.41, 5.74) is 1.00. The second-order valence-corrected chi connectivity index (χ2v) is 10.3. The third kappa shape index (κ3) is 6.26. The van der Waals surface area contributed by atoms with Gasteiger partial charge in [-0.2, -0.15) is 8.42 Å². The Labute approximate surface area is 200 Å². The highest BCUT2D eigenvalue weighted by Crippen LogP contribution is 2.32.